The van der Waals surface area contributed by atoms with Crippen molar-refractivity contribution in [3.63, 3.8) is 0 Å². The molecule has 0 aliphatic rings. The molecule has 6 nitrogen and oxygen atoms in total. The zero-order chi connectivity index (χ0) is 19.9. The van der Waals surface area contributed by atoms with Crippen molar-refractivity contribution in [2.24, 2.45) is 0 Å². The highest BCUT2D eigenvalue weighted by Gasteiger charge is 2.17. The van der Waals surface area contributed by atoms with Gasteiger partial charge in [0.2, 0.25) is 5.91 Å². The molecule has 2 N–H and O–H groups in total. The Hall–Kier alpha value is -3.06. The number of carbonyl (C=O) groups excluding carboxylic acids is 1. The maximum Gasteiger partial charge on any atom is 0.251 e. The smallest absolute Gasteiger partial charge is 0.251 e. The molecule has 2 aromatic carbocycles. The summed E-state index contributed by atoms with van der Waals surface area (Å²) in [6, 6.07) is 18.3. The van der Waals surface area contributed by atoms with Gasteiger partial charge in [-0.15, -0.1) is 0 Å². The number of aromatic nitrogens is 2. The second-order valence-electron chi connectivity index (χ2n) is 6.21. The van der Waals surface area contributed by atoms with Crippen molar-refractivity contribution in [1.82, 2.24) is 9.97 Å². The molecule has 1 atom stereocenters. The third kappa shape index (κ3) is 5.47. The Kier molecular flexibility index (Phi) is 6.49. The molecule has 0 saturated heterocycles. The third-order valence-electron chi connectivity index (χ3n) is 3.96. The number of para-hydroxylation sites is 2. The maximum atomic E-state index is 12.5. The van der Waals surface area contributed by atoms with E-state index in [9.17, 15) is 9.59 Å². The SMILES string of the molecule is Cc1ccccc1NC(=O)C(C)Sc1nc(COc2ccccc2)cc(=O)[nH]1. The first-order valence-corrected chi connectivity index (χ1v) is 9.70. The molecule has 7 heteroatoms. The molecule has 0 fully saturated rings. The van der Waals surface area contributed by atoms with E-state index in [1.165, 1.54) is 17.8 Å². The van der Waals surface area contributed by atoms with Crippen LogP contribution in [0.15, 0.2) is 70.6 Å². The molecule has 0 bridgehead atoms. The van der Waals surface area contributed by atoms with Gasteiger partial charge in [-0.05, 0) is 37.6 Å². The number of thioether (sulfide) groups is 1. The van der Waals surface area contributed by atoms with E-state index >= 15 is 0 Å². The van der Waals surface area contributed by atoms with Crippen LogP contribution < -0.4 is 15.6 Å². The van der Waals surface area contributed by atoms with Crippen molar-refractivity contribution < 1.29 is 9.53 Å². The normalized spacial score (nSPS) is 11.6. The van der Waals surface area contributed by atoms with Crippen LogP contribution in [-0.4, -0.2) is 21.1 Å². The largest absolute Gasteiger partial charge is 0.487 e. The number of aromatic amines is 1. The Morgan fingerprint density at radius 3 is 2.64 bits per heavy atom. The zero-order valence-electron chi connectivity index (χ0n) is 15.6. The fourth-order valence-electron chi connectivity index (χ4n) is 2.46. The van der Waals surface area contributed by atoms with Gasteiger partial charge >= 0.3 is 0 Å². The molecule has 3 aromatic rings. The highest BCUT2D eigenvalue weighted by molar-refractivity contribution is 8.00. The lowest BCUT2D eigenvalue weighted by Crippen LogP contribution is -2.23. The number of nitrogens with one attached hydrogen (secondary N) is 2. The number of hydrogen-bond donors (Lipinski definition) is 2. The van der Waals surface area contributed by atoms with E-state index in [2.05, 4.69) is 15.3 Å². The molecular formula is C21H21N3O3S. The average Bonchev–Trinajstić information content (AvgIpc) is 2.68. The summed E-state index contributed by atoms with van der Waals surface area (Å²) in [4.78, 5) is 31.5. The molecule has 1 heterocycles. The summed E-state index contributed by atoms with van der Waals surface area (Å²) in [5.41, 5.74) is 1.98. The molecule has 0 aliphatic heterocycles. The summed E-state index contributed by atoms with van der Waals surface area (Å²) in [5.74, 6) is 0.539. The molecule has 0 aliphatic carbocycles. The van der Waals surface area contributed by atoms with Crippen molar-refractivity contribution in [2.75, 3.05) is 5.32 Å². The van der Waals surface area contributed by atoms with Gasteiger partial charge in [0.15, 0.2) is 5.16 Å². The number of anilines is 1. The Labute approximate surface area is 167 Å². The number of aryl methyl sites for hydroxylation is 1. The highest BCUT2D eigenvalue weighted by Crippen LogP contribution is 2.21. The van der Waals surface area contributed by atoms with Crippen LogP contribution in [0.2, 0.25) is 0 Å². The quantitative estimate of drug-likeness (QED) is 0.470. The Morgan fingerprint density at radius 2 is 1.89 bits per heavy atom. The lowest BCUT2D eigenvalue weighted by atomic mass is 10.2. The second-order valence-corrected chi connectivity index (χ2v) is 7.54. The molecule has 1 aromatic heterocycles. The number of nitrogens with zero attached hydrogens (tertiary/aromatic N) is 1. The molecule has 0 saturated carbocycles. The van der Waals surface area contributed by atoms with Gasteiger partial charge in [0.1, 0.15) is 12.4 Å². The van der Waals surface area contributed by atoms with Crippen molar-refractivity contribution >= 4 is 23.4 Å². The van der Waals surface area contributed by atoms with Crippen LogP contribution in [0.1, 0.15) is 18.2 Å². The summed E-state index contributed by atoms with van der Waals surface area (Å²) >= 11 is 1.19. The Bertz CT molecular complexity index is 1010. The molecule has 144 valence electrons. The Morgan fingerprint density at radius 1 is 1.18 bits per heavy atom. The maximum absolute atomic E-state index is 12.5. The predicted octanol–water partition coefficient (Wildman–Crippen LogP) is 3.78. The molecular weight excluding hydrogens is 374 g/mol. The van der Waals surface area contributed by atoms with Crippen molar-refractivity contribution in [3.05, 3.63) is 82.3 Å². The minimum Gasteiger partial charge on any atom is -0.487 e. The van der Waals surface area contributed by atoms with E-state index in [-0.39, 0.29) is 18.1 Å². The van der Waals surface area contributed by atoms with E-state index in [1.54, 1.807) is 6.92 Å². The number of amides is 1. The van der Waals surface area contributed by atoms with E-state index in [1.807, 2.05) is 61.5 Å². The van der Waals surface area contributed by atoms with Crippen LogP contribution in [0.25, 0.3) is 0 Å². The third-order valence-corrected chi connectivity index (χ3v) is 4.95. The van der Waals surface area contributed by atoms with Crippen LogP contribution in [0.3, 0.4) is 0 Å². The molecule has 28 heavy (non-hydrogen) atoms. The standard InChI is InChI=1S/C21H21N3O3S/c1-14-8-6-7-11-18(14)23-20(26)15(2)28-21-22-16(12-19(25)24-21)13-27-17-9-4-3-5-10-17/h3-12,15H,13H2,1-2H3,(H,23,26)(H,22,24,25). The molecule has 1 unspecified atom stereocenters. The number of benzene rings is 2. The highest BCUT2D eigenvalue weighted by atomic mass is 32.2. The summed E-state index contributed by atoms with van der Waals surface area (Å²) in [6.07, 6.45) is 0. The number of carbonyl (C=O) groups is 1. The van der Waals surface area contributed by atoms with E-state index < -0.39 is 5.25 Å². The fourth-order valence-corrected chi connectivity index (χ4v) is 3.29. The van der Waals surface area contributed by atoms with Crippen LogP contribution in [0.4, 0.5) is 5.69 Å². The zero-order valence-corrected chi connectivity index (χ0v) is 16.5. The first kappa shape index (κ1) is 19.7. The number of hydrogen-bond acceptors (Lipinski definition) is 5. The van der Waals surface area contributed by atoms with Gasteiger partial charge in [0.05, 0.1) is 10.9 Å². The lowest BCUT2D eigenvalue weighted by molar-refractivity contribution is -0.115. The van der Waals surface area contributed by atoms with E-state index in [0.717, 1.165) is 11.3 Å². The summed E-state index contributed by atoms with van der Waals surface area (Å²) in [5, 5.41) is 2.85. The van der Waals surface area contributed by atoms with E-state index in [4.69, 9.17) is 4.74 Å². The first-order chi connectivity index (χ1) is 13.5. The van der Waals surface area contributed by atoms with Gasteiger partial charge in [-0.25, -0.2) is 4.98 Å². The van der Waals surface area contributed by atoms with Crippen molar-refractivity contribution in [3.8, 4) is 5.75 Å². The topological polar surface area (TPSA) is 84.1 Å². The van der Waals surface area contributed by atoms with Gasteiger partial charge in [-0.2, -0.15) is 0 Å². The van der Waals surface area contributed by atoms with Crippen LogP contribution in [0, 0.1) is 6.92 Å². The molecule has 3 rings (SSSR count). The minimum atomic E-state index is -0.437. The van der Waals surface area contributed by atoms with Crippen molar-refractivity contribution in [2.45, 2.75) is 30.9 Å². The molecule has 1 amide bonds. The Balaban J connectivity index is 1.64. The number of H-pyrrole nitrogens is 1. The van der Waals surface area contributed by atoms with Gasteiger partial charge in [-0.1, -0.05) is 48.2 Å². The van der Waals surface area contributed by atoms with Crippen LogP contribution in [-0.2, 0) is 11.4 Å². The van der Waals surface area contributed by atoms with Gasteiger partial charge in [0.25, 0.3) is 5.56 Å². The van der Waals surface area contributed by atoms with Gasteiger partial charge < -0.3 is 15.0 Å². The predicted molar refractivity (Wildman–Crippen MR) is 111 cm³/mol. The van der Waals surface area contributed by atoms with Gasteiger partial charge in [0, 0.05) is 11.8 Å². The number of rotatable bonds is 7. The summed E-state index contributed by atoms with van der Waals surface area (Å²) in [6.45, 7) is 3.87. The van der Waals surface area contributed by atoms with Crippen LogP contribution in [0.5, 0.6) is 5.75 Å². The van der Waals surface area contributed by atoms with E-state index in [0.29, 0.717) is 16.6 Å². The fraction of sp³-hybridized carbons (Fsp3) is 0.190. The molecule has 0 radical (unpaired) electrons. The number of ether oxygens (including phenoxy) is 1. The monoisotopic (exact) mass is 395 g/mol. The summed E-state index contributed by atoms with van der Waals surface area (Å²) < 4.78 is 5.64. The second kappa shape index (κ2) is 9.23. The average molecular weight is 395 g/mol. The summed E-state index contributed by atoms with van der Waals surface area (Å²) in [7, 11) is 0. The lowest BCUT2D eigenvalue weighted by Gasteiger charge is -2.13. The minimum absolute atomic E-state index is 0.159. The van der Waals surface area contributed by atoms with Gasteiger partial charge in [-0.3, -0.25) is 9.59 Å². The van der Waals surface area contributed by atoms with Crippen LogP contribution >= 0.6 is 11.8 Å². The first-order valence-electron chi connectivity index (χ1n) is 8.82. The van der Waals surface area contributed by atoms with Crippen molar-refractivity contribution in [1.29, 1.82) is 0 Å². The molecule has 0 spiro atoms.